The zero-order valence-electron chi connectivity index (χ0n) is 15.0. The highest BCUT2D eigenvalue weighted by Crippen LogP contribution is 2.09. The summed E-state index contributed by atoms with van der Waals surface area (Å²) in [6, 6.07) is 7.54. The molecule has 3 N–H and O–H groups in total. The molecule has 1 aromatic rings. The first-order valence-electron chi connectivity index (χ1n) is 7.90. The average molecular weight is 444 g/mol. The second-order valence-corrected chi connectivity index (χ2v) is 6.27. The summed E-state index contributed by atoms with van der Waals surface area (Å²) in [5.74, 6) is 0.664. The van der Waals surface area contributed by atoms with Crippen LogP contribution in [0.4, 0.5) is 0 Å². The van der Waals surface area contributed by atoms with Crippen molar-refractivity contribution in [1.29, 1.82) is 0 Å². The summed E-state index contributed by atoms with van der Waals surface area (Å²) in [4.78, 5) is 16.7. The molecule has 24 heavy (non-hydrogen) atoms. The van der Waals surface area contributed by atoms with Crippen molar-refractivity contribution in [3.63, 3.8) is 0 Å². The van der Waals surface area contributed by atoms with Crippen molar-refractivity contribution in [2.45, 2.75) is 39.8 Å². The summed E-state index contributed by atoms with van der Waals surface area (Å²) in [6.45, 7) is 13.5. The van der Waals surface area contributed by atoms with Crippen LogP contribution in [0.3, 0.4) is 0 Å². The second-order valence-electron chi connectivity index (χ2n) is 6.27. The van der Waals surface area contributed by atoms with Gasteiger partial charge < -0.3 is 16.0 Å². The van der Waals surface area contributed by atoms with E-state index in [9.17, 15) is 4.79 Å². The van der Waals surface area contributed by atoms with Gasteiger partial charge in [-0.3, -0.25) is 4.79 Å². The molecule has 0 saturated heterocycles. The van der Waals surface area contributed by atoms with Crippen LogP contribution in [-0.2, 0) is 6.54 Å². The number of halogens is 1. The Kier molecular flexibility index (Phi) is 10.3. The van der Waals surface area contributed by atoms with Gasteiger partial charge in [0, 0.05) is 24.2 Å². The number of benzene rings is 1. The predicted molar refractivity (Wildman–Crippen MR) is 112 cm³/mol. The Morgan fingerprint density at radius 3 is 2.58 bits per heavy atom. The van der Waals surface area contributed by atoms with E-state index in [4.69, 9.17) is 0 Å². The van der Waals surface area contributed by atoms with Gasteiger partial charge in [-0.1, -0.05) is 18.2 Å². The Balaban J connectivity index is 0.00000529. The van der Waals surface area contributed by atoms with Crippen LogP contribution in [0.2, 0.25) is 0 Å². The van der Waals surface area contributed by atoms with E-state index in [1.807, 2.05) is 52.0 Å². The minimum absolute atomic E-state index is 0. The van der Waals surface area contributed by atoms with Gasteiger partial charge in [-0.15, -0.1) is 30.6 Å². The van der Waals surface area contributed by atoms with Gasteiger partial charge >= 0.3 is 0 Å². The Morgan fingerprint density at radius 2 is 2.00 bits per heavy atom. The maximum atomic E-state index is 12.2. The molecule has 0 spiro atoms. The lowest BCUT2D eigenvalue weighted by Gasteiger charge is -2.20. The van der Waals surface area contributed by atoms with E-state index < -0.39 is 0 Å². The fourth-order valence-corrected chi connectivity index (χ4v) is 1.90. The average Bonchev–Trinajstić information content (AvgIpc) is 2.48. The SMILES string of the molecule is C=CCNC(=NCc1cccc(C(=O)NC(C)(C)C)c1)NCC.I. The molecule has 1 aromatic carbocycles. The summed E-state index contributed by atoms with van der Waals surface area (Å²) >= 11 is 0. The smallest absolute Gasteiger partial charge is 0.251 e. The van der Waals surface area contributed by atoms with Gasteiger partial charge in [0.2, 0.25) is 0 Å². The number of nitrogens with one attached hydrogen (secondary N) is 3. The monoisotopic (exact) mass is 444 g/mol. The minimum Gasteiger partial charge on any atom is -0.357 e. The molecule has 0 unspecified atom stereocenters. The third kappa shape index (κ3) is 8.90. The number of guanidine groups is 1. The predicted octanol–water partition coefficient (Wildman–Crippen LogP) is 3.07. The minimum atomic E-state index is -0.252. The van der Waals surface area contributed by atoms with Crippen LogP contribution >= 0.6 is 24.0 Å². The van der Waals surface area contributed by atoms with E-state index in [1.54, 1.807) is 6.08 Å². The van der Waals surface area contributed by atoms with E-state index >= 15 is 0 Å². The molecule has 0 aliphatic rings. The number of rotatable bonds is 6. The van der Waals surface area contributed by atoms with E-state index in [0.29, 0.717) is 18.7 Å². The first kappa shape index (κ1) is 22.4. The number of carbonyl (C=O) groups is 1. The lowest BCUT2D eigenvalue weighted by molar-refractivity contribution is 0.0919. The van der Waals surface area contributed by atoms with Gasteiger partial charge in [0.1, 0.15) is 0 Å². The van der Waals surface area contributed by atoms with Gasteiger partial charge in [-0.25, -0.2) is 4.99 Å². The third-order valence-electron chi connectivity index (χ3n) is 2.86. The van der Waals surface area contributed by atoms with Crippen LogP contribution in [0.5, 0.6) is 0 Å². The maximum absolute atomic E-state index is 12.2. The Hall–Kier alpha value is -1.57. The van der Waals surface area contributed by atoms with E-state index in [0.717, 1.165) is 18.1 Å². The fraction of sp³-hybridized carbons (Fsp3) is 0.444. The zero-order valence-corrected chi connectivity index (χ0v) is 17.3. The highest BCUT2D eigenvalue weighted by molar-refractivity contribution is 14.0. The quantitative estimate of drug-likeness (QED) is 0.274. The number of carbonyl (C=O) groups excluding carboxylic acids is 1. The highest BCUT2D eigenvalue weighted by atomic mass is 127. The molecule has 0 heterocycles. The van der Waals surface area contributed by atoms with Crippen molar-refractivity contribution in [2.24, 2.45) is 4.99 Å². The van der Waals surface area contributed by atoms with E-state index in [1.165, 1.54) is 0 Å². The van der Waals surface area contributed by atoms with Crippen LogP contribution in [0.25, 0.3) is 0 Å². The molecule has 0 radical (unpaired) electrons. The molecule has 1 rings (SSSR count). The van der Waals surface area contributed by atoms with Gasteiger partial charge in [0.25, 0.3) is 5.91 Å². The molecule has 5 nitrogen and oxygen atoms in total. The molecule has 134 valence electrons. The number of nitrogens with zero attached hydrogens (tertiary/aromatic N) is 1. The molecule has 0 atom stereocenters. The molecule has 0 fully saturated rings. The summed E-state index contributed by atoms with van der Waals surface area (Å²) in [6.07, 6.45) is 1.78. The van der Waals surface area contributed by atoms with Crippen LogP contribution in [-0.4, -0.2) is 30.5 Å². The van der Waals surface area contributed by atoms with Gasteiger partial charge in [-0.05, 0) is 45.4 Å². The Morgan fingerprint density at radius 1 is 1.29 bits per heavy atom. The first-order chi connectivity index (χ1) is 10.9. The van der Waals surface area contributed by atoms with Crippen LogP contribution < -0.4 is 16.0 Å². The number of hydrogen-bond donors (Lipinski definition) is 3. The molecular formula is C18H29IN4O. The number of hydrogen-bond acceptors (Lipinski definition) is 2. The topological polar surface area (TPSA) is 65.5 Å². The fourth-order valence-electron chi connectivity index (χ4n) is 1.90. The van der Waals surface area contributed by atoms with Crippen molar-refractivity contribution < 1.29 is 4.79 Å². The normalized spacial score (nSPS) is 11.2. The number of amides is 1. The highest BCUT2D eigenvalue weighted by Gasteiger charge is 2.15. The van der Waals surface area contributed by atoms with Crippen LogP contribution in [0.1, 0.15) is 43.6 Å². The van der Waals surface area contributed by atoms with Gasteiger partial charge in [-0.2, -0.15) is 0 Å². The lowest BCUT2D eigenvalue weighted by atomic mass is 10.1. The summed E-state index contributed by atoms with van der Waals surface area (Å²) in [5.41, 5.74) is 1.39. The van der Waals surface area contributed by atoms with Gasteiger partial charge in [0.15, 0.2) is 5.96 Å². The van der Waals surface area contributed by atoms with Crippen molar-refractivity contribution >= 4 is 35.8 Å². The van der Waals surface area contributed by atoms with Gasteiger partial charge in [0.05, 0.1) is 6.54 Å². The maximum Gasteiger partial charge on any atom is 0.251 e. The van der Waals surface area contributed by atoms with E-state index in [2.05, 4.69) is 27.5 Å². The molecule has 0 bridgehead atoms. The van der Waals surface area contributed by atoms with Crippen LogP contribution in [0.15, 0.2) is 41.9 Å². The summed E-state index contributed by atoms with van der Waals surface area (Å²) < 4.78 is 0. The van der Waals surface area contributed by atoms with Crippen LogP contribution in [0, 0.1) is 0 Å². The molecule has 6 heteroatoms. The van der Waals surface area contributed by atoms with Crippen molar-refractivity contribution in [2.75, 3.05) is 13.1 Å². The standard InChI is InChI=1S/C18H28N4O.HI/c1-6-11-20-17(19-7-2)21-13-14-9-8-10-15(12-14)16(23)22-18(3,4)5;/h6,8-10,12H,1,7,11,13H2,2-5H3,(H,22,23)(H2,19,20,21);1H. The number of aliphatic imine (C=N–C) groups is 1. The van der Waals surface area contributed by atoms with Crippen molar-refractivity contribution in [3.8, 4) is 0 Å². The van der Waals surface area contributed by atoms with E-state index in [-0.39, 0.29) is 35.4 Å². The summed E-state index contributed by atoms with van der Waals surface area (Å²) in [7, 11) is 0. The second kappa shape index (κ2) is 11.1. The molecular weight excluding hydrogens is 415 g/mol. The largest absolute Gasteiger partial charge is 0.357 e. The first-order valence-corrected chi connectivity index (χ1v) is 7.90. The lowest BCUT2D eigenvalue weighted by Crippen LogP contribution is -2.40. The molecule has 0 saturated carbocycles. The third-order valence-corrected chi connectivity index (χ3v) is 2.86. The molecule has 0 aliphatic carbocycles. The molecule has 1 amide bonds. The zero-order chi connectivity index (χ0) is 17.3. The van der Waals surface area contributed by atoms with Crippen molar-refractivity contribution in [3.05, 3.63) is 48.0 Å². The Bertz CT molecular complexity index is 564. The molecule has 0 aliphatic heterocycles. The molecule has 0 aromatic heterocycles. The van der Waals surface area contributed by atoms with Crippen molar-refractivity contribution in [1.82, 2.24) is 16.0 Å². The Labute approximate surface area is 162 Å². The summed E-state index contributed by atoms with van der Waals surface area (Å²) in [5, 5.41) is 9.28.